The Morgan fingerprint density at radius 1 is 1.03 bits per heavy atom. The van der Waals surface area contributed by atoms with Gasteiger partial charge in [0.05, 0.1) is 5.56 Å². The number of Topliss-reactive ketones (excluding diaryl/α,β-unsaturated/α-hetero) is 1. The predicted octanol–water partition coefficient (Wildman–Crippen LogP) is 3.95. The van der Waals surface area contributed by atoms with Crippen molar-refractivity contribution in [3.8, 4) is 11.5 Å². The highest BCUT2D eigenvalue weighted by Gasteiger charge is 2.31. The van der Waals surface area contributed by atoms with Crippen LogP contribution in [0.3, 0.4) is 0 Å². The molecule has 3 heterocycles. The topological polar surface area (TPSA) is 92.1 Å². The molecule has 2 aromatic carbocycles. The molecule has 1 fully saturated rings. The van der Waals surface area contributed by atoms with Crippen molar-refractivity contribution >= 4 is 22.6 Å². The summed E-state index contributed by atoms with van der Waals surface area (Å²) >= 11 is 0. The van der Waals surface area contributed by atoms with Crippen molar-refractivity contribution in [3.63, 3.8) is 0 Å². The van der Waals surface area contributed by atoms with Crippen LogP contribution in [0.2, 0.25) is 0 Å². The highest BCUT2D eigenvalue weighted by molar-refractivity contribution is 6.44. The fraction of sp³-hybridized carbons (Fsp3) is 0.217. The number of amides is 1. The molecule has 0 spiro atoms. The minimum absolute atomic E-state index is 0.00828. The summed E-state index contributed by atoms with van der Waals surface area (Å²) in [6, 6.07) is 13.3. The number of rotatable bonds is 4. The highest BCUT2D eigenvalue weighted by atomic mass is 19.1. The zero-order valence-electron chi connectivity index (χ0n) is 16.5. The number of carbonyl (C=O) groups excluding carboxylic acids is 2. The molecule has 1 saturated heterocycles. The van der Waals surface area contributed by atoms with Crippen molar-refractivity contribution in [2.45, 2.75) is 18.8 Å². The summed E-state index contributed by atoms with van der Waals surface area (Å²) in [5, 5.41) is 8.94. The van der Waals surface area contributed by atoms with Gasteiger partial charge in [-0.2, -0.15) is 0 Å². The van der Waals surface area contributed by atoms with E-state index in [0.29, 0.717) is 48.8 Å². The molecule has 1 aliphatic rings. The van der Waals surface area contributed by atoms with Gasteiger partial charge in [-0.1, -0.05) is 18.2 Å². The number of piperidine rings is 1. The Bertz CT molecular complexity index is 1250. The van der Waals surface area contributed by atoms with E-state index in [1.807, 2.05) is 24.3 Å². The van der Waals surface area contributed by atoms with Crippen LogP contribution in [0.1, 0.15) is 35.0 Å². The molecule has 0 radical (unpaired) electrons. The van der Waals surface area contributed by atoms with Crippen molar-refractivity contribution in [2.75, 3.05) is 13.1 Å². The van der Waals surface area contributed by atoms with E-state index < -0.39 is 11.7 Å². The molecule has 0 saturated carbocycles. The lowest BCUT2D eigenvalue weighted by Crippen LogP contribution is -2.41. The minimum Gasteiger partial charge on any atom is -0.420 e. The first-order valence-corrected chi connectivity index (χ1v) is 10.1. The first-order valence-electron chi connectivity index (χ1n) is 10.1. The molecule has 31 heavy (non-hydrogen) atoms. The third-order valence-electron chi connectivity index (χ3n) is 5.69. The molecule has 0 aliphatic carbocycles. The summed E-state index contributed by atoms with van der Waals surface area (Å²) in [7, 11) is 0. The number of H-pyrrole nitrogens is 1. The summed E-state index contributed by atoms with van der Waals surface area (Å²) in [6.45, 7) is 0.873. The van der Waals surface area contributed by atoms with Crippen LogP contribution in [0.5, 0.6) is 0 Å². The first-order chi connectivity index (χ1) is 15.1. The standard InChI is InChI=1S/C23H19FN4O3/c24-16-7-5-14(6-8-16)21-26-27-22(31-21)15-9-11-28(12-10-15)23(30)20(29)18-13-25-19-4-2-1-3-17(18)19/h1-8,13,15,25H,9-12H2. The van der Waals surface area contributed by atoms with Crippen LogP contribution in [0.4, 0.5) is 4.39 Å². The molecule has 4 aromatic rings. The van der Waals surface area contributed by atoms with E-state index in [1.54, 1.807) is 23.2 Å². The molecular weight excluding hydrogens is 399 g/mol. The molecular formula is C23H19FN4O3. The van der Waals surface area contributed by atoms with E-state index in [2.05, 4.69) is 15.2 Å². The highest BCUT2D eigenvalue weighted by Crippen LogP contribution is 2.30. The number of halogens is 1. The average molecular weight is 418 g/mol. The van der Waals surface area contributed by atoms with Crippen LogP contribution in [-0.4, -0.2) is 44.9 Å². The first kappa shape index (κ1) is 19.2. The number of fused-ring (bicyclic) bond motifs is 1. The molecule has 1 N–H and O–H groups in total. The van der Waals surface area contributed by atoms with Gasteiger partial charge < -0.3 is 14.3 Å². The Labute approximate surface area is 176 Å². The van der Waals surface area contributed by atoms with Crippen molar-refractivity contribution < 1.29 is 18.4 Å². The van der Waals surface area contributed by atoms with Gasteiger partial charge in [0.2, 0.25) is 11.8 Å². The maximum Gasteiger partial charge on any atom is 0.295 e. The van der Waals surface area contributed by atoms with Gasteiger partial charge in [-0.25, -0.2) is 4.39 Å². The molecule has 0 bridgehead atoms. The molecule has 8 heteroatoms. The molecule has 1 aliphatic heterocycles. The monoisotopic (exact) mass is 418 g/mol. The smallest absolute Gasteiger partial charge is 0.295 e. The van der Waals surface area contributed by atoms with Crippen molar-refractivity contribution in [1.29, 1.82) is 0 Å². The van der Waals surface area contributed by atoms with Crippen LogP contribution < -0.4 is 0 Å². The second-order valence-electron chi connectivity index (χ2n) is 7.60. The summed E-state index contributed by atoms with van der Waals surface area (Å²) in [5.41, 5.74) is 1.87. The van der Waals surface area contributed by atoms with Gasteiger partial charge in [-0.05, 0) is 43.2 Å². The van der Waals surface area contributed by atoms with Gasteiger partial charge in [0.25, 0.3) is 11.7 Å². The summed E-state index contributed by atoms with van der Waals surface area (Å²) in [5.74, 6) is -0.498. The number of carbonyl (C=O) groups is 2. The molecule has 0 atom stereocenters. The SMILES string of the molecule is O=C(C(=O)N1CCC(c2nnc(-c3ccc(F)cc3)o2)CC1)c1c[nH]c2ccccc12. The Morgan fingerprint density at radius 2 is 1.77 bits per heavy atom. The predicted molar refractivity (Wildman–Crippen MR) is 111 cm³/mol. The van der Waals surface area contributed by atoms with Gasteiger partial charge in [0, 0.05) is 41.7 Å². The lowest BCUT2D eigenvalue weighted by molar-refractivity contribution is -0.127. The quantitative estimate of drug-likeness (QED) is 0.400. The van der Waals surface area contributed by atoms with Crippen LogP contribution in [0.15, 0.2) is 59.1 Å². The molecule has 156 valence electrons. The number of aromatic amines is 1. The largest absolute Gasteiger partial charge is 0.420 e. The van der Waals surface area contributed by atoms with E-state index in [9.17, 15) is 14.0 Å². The maximum atomic E-state index is 13.1. The molecule has 1 amide bonds. The minimum atomic E-state index is -0.507. The van der Waals surface area contributed by atoms with Gasteiger partial charge in [-0.15, -0.1) is 10.2 Å². The number of para-hydroxylation sites is 1. The van der Waals surface area contributed by atoms with Crippen LogP contribution in [0, 0.1) is 5.82 Å². The number of aromatic nitrogens is 3. The fourth-order valence-electron chi connectivity index (χ4n) is 3.96. The molecule has 7 nitrogen and oxygen atoms in total. The molecule has 0 unspecified atom stereocenters. The molecule has 2 aromatic heterocycles. The van der Waals surface area contributed by atoms with Gasteiger partial charge in [0.1, 0.15) is 5.82 Å². The lowest BCUT2D eigenvalue weighted by atomic mass is 9.96. The second kappa shape index (κ2) is 7.79. The Kier molecular flexibility index (Phi) is 4.82. The third-order valence-corrected chi connectivity index (χ3v) is 5.69. The Morgan fingerprint density at radius 3 is 2.55 bits per heavy atom. The van der Waals surface area contributed by atoms with Crippen LogP contribution in [0.25, 0.3) is 22.4 Å². The van der Waals surface area contributed by atoms with Crippen molar-refractivity contribution in [1.82, 2.24) is 20.1 Å². The second-order valence-corrected chi connectivity index (χ2v) is 7.60. The van der Waals surface area contributed by atoms with Crippen LogP contribution >= 0.6 is 0 Å². The third kappa shape index (κ3) is 3.61. The van der Waals surface area contributed by atoms with Crippen LogP contribution in [-0.2, 0) is 4.79 Å². The van der Waals surface area contributed by atoms with Crippen molar-refractivity contribution in [2.24, 2.45) is 0 Å². The van der Waals surface area contributed by atoms with E-state index >= 15 is 0 Å². The summed E-state index contributed by atoms with van der Waals surface area (Å²) < 4.78 is 18.9. The number of nitrogens with zero attached hydrogens (tertiary/aromatic N) is 3. The van der Waals surface area contributed by atoms with E-state index in [-0.39, 0.29) is 11.7 Å². The number of nitrogens with one attached hydrogen (secondary N) is 1. The maximum absolute atomic E-state index is 13.1. The van der Waals surface area contributed by atoms with E-state index in [1.165, 1.54) is 12.1 Å². The lowest BCUT2D eigenvalue weighted by Gasteiger charge is -2.29. The molecule has 5 rings (SSSR count). The van der Waals surface area contributed by atoms with Gasteiger partial charge in [-0.3, -0.25) is 9.59 Å². The zero-order chi connectivity index (χ0) is 21.4. The van der Waals surface area contributed by atoms with Crippen molar-refractivity contribution in [3.05, 3.63) is 72.0 Å². The zero-order valence-corrected chi connectivity index (χ0v) is 16.5. The number of likely N-dealkylation sites (tertiary alicyclic amines) is 1. The fourth-order valence-corrected chi connectivity index (χ4v) is 3.96. The summed E-state index contributed by atoms with van der Waals surface area (Å²) in [6.07, 6.45) is 2.84. The van der Waals surface area contributed by atoms with Gasteiger partial charge >= 0.3 is 0 Å². The Hall–Kier alpha value is -3.81. The number of hydrogen-bond donors (Lipinski definition) is 1. The number of benzene rings is 2. The summed E-state index contributed by atoms with van der Waals surface area (Å²) in [4.78, 5) is 30.2. The average Bonchev–Trinajstić information content (AvgIpc) is 3.46. The number of ketones is 1. The normalized spacial score (nSPS) is 14.8. The van der Waals surface area contributed by atoms with E-state index in [4.69, 9.17) is 4.42 Å². The van der Waals surface area contributed by atoms with E-state index in [0.717, 1.165) is 10.9 Å². The Balaban J connectivity index is 1.25. The number of hydrogen-bond acceptors (Lipinski definition) is 5. The van der Waals surface area contributed by atoms with Gasteiger partial charge in [0.15, 0.2) is 0 Å².